The Labute approximate surface area is 147 Å². The van der Waals surface area contributed by atoms with Gasteiger partial charge in [-0.25, -0.2) is 0 Å². The number of aliphatic carboxylic acids is 1. The number of likely N-dealkylation sites (tertiary alicyclic amines) is 1. The van der Waals surface area contributed by atoms with Crippen LogP contribution in [0, 0.1) is 12.8 Å². The van der Waals surface area contributed by atoms with Crippen LogP contribution in [0.4, 0.5) is 0 Å². The third-order valence-corrected chi connectivity index (χ3v) is 4.72. The highest BCUT2D eigenvalue weighted by atomic mass is 16.5. The summed E-state index contributed by atoms with van der Waals surface area (Å²) in [5.41, 5.74) is 0.868. The van der Waals surface area contributed by atoms with Gasteiger partial charge in [-0.2, -0.15) is 0 Å². The number of hydrogen-bond acceptors (Lipinski definition) is 5. The first-order valence-electron chi connectivity index (χ1n) is 8.24. The van der Waals surface area contributed by atoms with Gasteiger partial charge < -0.3 is 19.0 Å². The fraction of sp³-hybridized carbons (Fsp3) is 0.421. The van der Waals surface area contributed by atoms with Gasteiger partial charge in [0.05, 0.1) is 26.7 Å². The molecule has 1 aliphatic heterocycles. The molecular weight excluding hydrogens is 322 g/mol. The van der Waals surface area contributed by atoms with Gasteiger partial charge in [0.15, 0.2) is 11.5 Å². The van der Waals surface area contributed by atoms with Crippen LogP contribution in [-0.2, 0) is 11.3 Å². The topological polar surface area (TPSA) is 72.1 Å². The zero-order chi connectivity index (χ0) is 18.0. The van der Waals surface area contributed by atoms with E-state index in [9.17, 15) is 9.90 Å². The molecule has 0 bridgehead atoms. The molecule has 1 aliphatic rings. The normalized spacial score (nSPS) is 20.6. The van der Waals surface area contributed by atoms with E-state index in [1.165, 1.54) is 0 Å². The summed E-state index contributed by atoms with van der Waals surface area (Å²) in [5.74, 6) is 1.46. The van der Waals surface area contributed by atoms with Crippen LogP contribution in [0.5, 0.6) is 11.5 Å². The zero-order valence-corrected chi connectivity index (χ0v) is 14.7. The molecule has 0 aliphatic carbocycles. The summed E-state index contributed by atoms with van der Waals surface area (Å²) in [6.07, 6.45) is 0. The molecule has 6 heteroatoms. The highest BCUT2D eigenvalue weighted by Crippen LogP contribution is 2.42. The third kappa shape index (κ3) is 3.49. The zero-order valence-electron chi connectivity index (χ0n) is 14.7. The summed E-state index contributed by atoms with van der Waals surface area (Å²) in [5, 5.41) is 9.70. The van der Waals surface area contributed by atoms with E-state index in [1.54, 1.807) is 14.2 Å². The lowest BCUT2D eigenvalue weighted by molar-refractivity contribution is -0.141. The van der Waals surface area contributed by atoms with Gasteiger partial charge in [0.1, 0.15) is 11.5 Å². The molecule has 0 amide bonds. The van der Waals surface area contributed by atoms with Crippen LogP contribution >= 0.6 is 0 Å². The smallest absolute Gasteiger partial charge is 0.308 e. The number of rotatable bonds is 6. The van der Waals surface area contributed by atoms with Crippen molar-refractivity contribution in [3.05, 3.63) is 47.4 Å². The van der Waals surface area contributed by atoms with Crippen LogP contribution in [0.25, 0.3) is 0 Å². The lowest BCUT2D eigenvalue weighted by Crippen LogP contribution is -2.23. The van der Waals surface area contributed by atoms with E-state index in [-0.39, 0.29) is 5.92 Å². The van der Waals surface area contributed by atoms with Crippen LogP contribution in [0.2, 0.25) is 0 Å². The van der Waals surface area contributed by atoms with Crippen molar-refractivity contribution in [3.63, 3.8) is 0 Å². The molecule has 25 heavy (non-hydrogen) atoms. The van der Waals surface area contributed by atoms with Crippen molar-refractivity contribution in [2.24, 2.45) is 5.92 Å². The average molecular weight is 345 g/mol. The molecule has 2 atom stereocenters. The first-order valence-corrected chi connectivity index (χ1v) is 8.24. The van der Waals surface area contributed by atoms with E-state index < -0.39 is 11.9 Å². The van der Waals surface area contributed by atoms with Crippen molar-refractivity contribution in [2.45, 2.75) is 19.4 Å². The summed E-state index contributed by atoms with van der Waals surface area (Å²) in [6.45, 7) is 3.60. The van der Waals surface area contributed by atoms with Crippen molar-refractivity contribution >= 4 is 5.97 Å². The number of benzene rings is 1. The minimum Gasteiger partial charge on any atom is -0.493 e. The molecule has 0 unspecified atom stereocenters. The highest BCUT2D eigenvalue weighted by molar-refractivity contribution is 5.73. The molecule has 2 heterocycles. The van der Waals surface area contributed by atoms with Gasteiger partial charge in [0, 0.05) is 24.6 Å². The summed E-state index contributed by atoms with van der Waals surface area (Å²) in [6, 6.07) is 9.46. The van der Waals surface area contributed by atoms with E-state index in [0.29, 0.717) is 31.1 Å². The van der Waals surface area contributed by atoms with Crippen LogP contribution in [0.15, 0.2) is 34.7 Å². The molecule has 1 aromatic heterocycles. The van der Waals surface area contributed by atoms with Gasteiger partial charge in [-0.3, -0.25) is 9.69 Å². The molecule has 0 spiro atoms. The monoisotopic (exact) mass is 345 g/mol. The molecular formula is C19H23NO5. The number of hydrogen-bond donors (Lipinski definition) is 1. The van der Waals surface area contributed by atoms with Gasteiger partial charge in [-0.05, 0) is 25.1 Å². The molecule has 1 fully saturated rings. The Hall–Kier alpha value is -2.47. The second kappa shape index (κ2) is 7.19. The summed E-state index contributed by atoms with van der Waals surface area (Å²) in [7, 11) is 3.16. The Bertz CT molecular complexity index is 754. The molecule has 0 radical (unpaired) electrons. The van der Waals surface area contributed by atoms with Crippen molar-refractivity contribution in [3.8, 4) is 11.5 Å². The Balaban J connectivity index is 1.88. The number of ether oxygens (including phenoxy) is 2. The van der Waals surface area contributed by atoms with E-state index in [2.05, 4.69) is 4.90 Å². The van der Waals surface area contributed by atoms with E-state index in [1.807, 2.05) is 37.3 Å². The molecule has 134 valence electrons. The first kappa shape index (κ1) is 17.4. The van der Waals surface area contributed by atoms with Crippen LogP contribution in [0.1, 0.15) is 23.0 Å². The quantitative estimate of drug-likeness (QED) is 0.868. The van der Waals surface area contributed by atoms with E-state index in [4.69, 9.17) is 13.9 Å². The Morgan fingerprint density at radius 2 is 2.04 bits per heavy atom. The van der Waals surface area contributed by atoms with Gasteiger partial charge in [0.25, 0.3) is 0 Å². The summed E-state index contributed by atoms with van der Waals surface area (Å²) in [4.78, 5) is 13.9. The Morgan fingerprint density at radius 3 is 2.64 bits per heavy atom. The number of methoxy groups -OCH3 is 2. The van der Waals surface area contributed by atoms with Crippen LogP contribution in [0.3, 0.4) is 0 Å². The lowest BCUT2D eigenvalue weighted by atomic mass is 9.88. The fourth-order valence-corrected chi connectivity index (χ4v) is 3.57. The predicted octanol–water partition coefficient (Wildman–Crippen LogP) is 2.91. The lowest BCUT2D eigenvalue weighted by Gasteiger charge is -2.20. The van der Waals surface area contributed by atoms with Crippen molar-refractivity contribution in [1.82, 2.24) is 4.90 Å². The van der Waals surface area contributed by atoms with Crippen LogP contribution in [-0.4, -0.2) is 43.3 Å². The highest BCUT2D eigenvalue weighted by Gasteiger charge is 2.40. The van der Waals surface area contributed by atoms with Crippen molar-refractivity contribution in [1.29, 1.82) is 0 Å². The number of carboxylic acid groups (broad SMARTS) is 1. The largest absolute Gasteiger partial charge is 0.493 e. The molecule has 2 aromatic rings. The van der Waals surface area contributed by atoms with Crippen molar-refractivity contribution in [2.75, 3.05) is 27.3 Å². The molecule has 1 aromatic carbocycles. The standard InChI is InChI=1S/C19H23NO5/c1-12-7-8-13(25-12)9-20-10-15(16(11-20)19(21)22)14-5-4-6-17(23-2)18(14)24-3/h4-8,15-16H,9-11H2,1-3H3,(H,21,22)/t15-,16+/m1/s1. The SMILES string of the molecule is COc1cccc([C@H]2CN(Cc3ccc(C)o3)C[C@@H]2C(=O)O)c1OC. The minimum atomic E-state index is -0.798. The molecule has 1 saturated heterocycles. The third-order valence-electron chi connectivity index (χ3n) is 4.72. The van der Waals surface area contributed by atoms with E-state index >= 15 is 0 Å². The maximum Gasteiger partial charge on any atom is 0.308 e. The fourth-order valence-electron chi connectivity index (χ4n) is 3.57. The van der Waals surface area contributed by atoms with E-state index in [0.717, 1.165) is 17.1 Å². The number of carbonyl (C=O) groups is 1. The van der Waals surface area contributed by atoms with Gasteiger partial charge >= 0.3 is 5.97 Å². The molecule has 1 N–H and O–H groups in total. The van der Waals surface area contributed by atoms with Crippen molar-refractivity contribution < 1.29 is 23.8 Å². The minimum absolute atomic E-state index is 0.168. The number of aryl methyl sites for hydroxylation is 1. The molecule has 0 saturated carbocycles. The summed E-state index contributed by atoms with van der Waals surface area (Å²) < 4.78 is 16.5. The Kier molecular flexibility index (Phi) is 4.99. The van der Waals surface area contributed by atoms with Crippen LogP contribution < -0.4 is 9.47 Å². The second-order valence-electron chi connectivity index (χ2n) is 6.34. The predicted molar refractivity (Wildman–Crippen MR) is 92.1 cm³/mol. The maximum absolute atomic E-state index is 11.8. The maximum atomic E-state index is 11.8. The van der Waals surface area contributed by atoms with Gasteiger partial charge in [0.2, 0.25) is 0 Å². The first-order chi connectivity index (χ1) is 12.0. The summed E-state index contributed by atoms with van der Waals surface area (Å²) >= 11 is 0. The number of carboxylic acids is 1. The number of furan rings is 1. The Morgan fingerprint density at radius 1 is 1.24 bits per heavy atom. The molecule has 3 rings (SSSR count). The second-order valence-corrected chi connectivity index (χ2v) is 6.34. The molecule has 6 nitrogen and oxygen atoms in total. The number of nitrogens with zero attached hydrogens (tertiary/aromatic N) is 1. The van der Waals surface area contributed by atoms with Gasteiger partial charge in [-0.1, -0.05) is 12.1 Å². The number of para-hydroxylation sites is 1. The van der Waals surface area contributed by atoms with Gasteiger partial charge in [-0.15, -0.1) is 0 Å². The average Bonchev–Trinajstić information content (AvgIpc) is 3.20.